The Morgan fingerprint density at radius 1 is 1.22 bits per heavy atom. The van der Waals surface area contributed by atoms with Crippen LogP contribution in [0.4, 0.5) is 4.39 Å². The third-order valence-electron chi connectivity index (χ3n) is 3.39. The van der Waals surface area contributed by atoms with Crippen molar-refractivity contribution in [2.24, 2.45) is 5.16 Å². The minimum atomic E-state index is -0.480. The van der Waals surface area contributed by atoms with Crippen LogP contribution in [0.25, 0.3) is 16.9 Å². The third kappa shape index (κ3) is 2.91. The quantitative estimate of drug-likeness (QED) is 0.456. The van der Waals surface area contributed by atoms with E-state index >= 15 is 0 Å². The first kappa shape index (κ1) is 14.8. The molecule has 0 fully saturated rings. The third-order valence-corrected chi connectivity index (χ3v) is 3.39. The molecule has 1 heterocycles. The summed E-state index contributed by atoms with van der Waals surface area (Å²) in [7, 11) is 1.41. The summed E-state index contributed by atoms with van der Waals surface area (Å²) in [5.74, 6) is -0.320. The number of rotatable bonds is 4. The SMILES string of the molecule is COc1ccc(-c2nn(-c3ccccc3)cc2C=NO)cc1F. The highest BCUT2D eigenvalue weighted by Gasteiger charge is 2.13. The average Bonchev–Trinajstić information content (AvgIpc) is 3.00. The van der Waals surface area contributed by atoms with Crippen molar-refractivity contribution < 1.29 is 14.3 Å². The van der Waals surface area contributed by atoms with Gasteiger partial charge < -0.3 is 9.94 Å². The summed E-state index contributed by atoms with van der Waals surface area (Å²) in [6.45, 7) is 0. The van der Waals surface area contributed by atoms with E-state index in [4.69, 9.17) is 9.94 Å². The molecule has 0 aliphatic heterocycles. The first-order chi connectivity index (χ1) is 11.2. The van der Waals surface area contributed by atoms with Gasteiger partial charge in [-0.3, -0.25) is 0 Å². The largest absolute Gasteiger partial charge is 0.494 e. The van der Waals surface area contributed by atoms with Gasteiger partial charge in [0.2, 0.25) is 0 Å². The van der Waals surface area contributed by atoms with E-state index in [1.807, 2.05) is 30.3 Å². The van der Waals surface area contributed by atoms with E-state index in [-0.39, 0.29) is 5.75 Å². The summed E-state index contributed by atoms with van der Waals surface area (Å²) >= 11 is 0. The van der Waals surface area contributed by atoms with Gasteiger partial charge in [-0.2, -0.15) is 5.10 Å². The molecule has 0 aliphatic carbocycles. The lowest BCUT2D eigenvalue weighted by Gasteiger charge is -2.04. The number of ether oxygens (including phenoxy) is 1. The Labute approximate surface area is 132 Å². The molecule has 5 nitrogen and oxygen atoms in total. The van der Waals surface area contributed by atoms with Gasteiger partial charge in [0.1, 0.15) is 5.69 Å². The maximum Gasteiger partial charge on any atom is 0.165 e. The van der Waals surface area contributed by atoms with Crippen LogP contribution in [-0.2, 0) is 0 Å². The van der Waals surface area contributed by atoms with Gasteiger partial charge in [0.25, 0.3) is 0 Å². The first-order valence-corrected chi connectivity index (χ1v) is 6.89. The number of aromatic nitrogens is 2. The maximum absolute atomic E-state index is 13.9. The van der Waals surface area contributed by atoms with Crippen LogP contribution in [0.15, 0.2) is 59.9 Å². The van der Waals surface area contributed by atoms with Crippen LogP contribution in [0.5, 0.6) is 5.75 Å². The second-order valence-electron chi connectivity index (χ2n) is 4.81. The molecule has 0 amide bonds. The molecule has 0 unspecified atom stereocenters. The van der Waals surface area contributed by atoms with Crippen molar-refractivity contribution in [2.75, 3.05) is 7.11 Å². The first-order valence-electron chi connectivity index (χ1n) is 6.89. The topological polar surface area (TPSA) is 59.6 Å². The molecule has 3 rings (SSSR count). The van der Waals surface area contributed by atoms with Crippen molar-refractivity contribution in [2.45, 2.75) is 0 Å². The number of methoxy groups -OCH3 is 1. The molecule has 0 radical (unpaired) electrons. The fourth-order valence-corrected chi connectivity index (χ4v) is 2.29. The second kappa shape index (κ2) is 6.31. The normalized spacial score (nSPS) is 11.0. The van der Waals surface area contributed by atoms with Crippen LogP contribution in [0.2, 0.25) is 0 Å². The molecule has 23 heavy (non-hydrogen) atoms. The monoisotopic (exact) mass is 311 g/mol. The van der Waals surface area contributed by atoms with Crippen molar-refractivity contribution in [1.29, 1.82) is 0 Å². The van der Waals surface area contributed by atoms with Gasteiger partial charge in [0.15, 0.2) is 11.6 Å². The molecule has 6 heteroatoms. The number of nitrogens with zero attached hydrogens (tertiary/aromatic N) is 3. The fourth-order valence-electron chi connectivity index (χ4n) is 2.29. The summed E-state index contributed by atoms with van der Waals surface area (Å²) < 4.78 is 20.5. The predicted octanol–water partition coefficient (Wildman–Crippen LogP) is 3.50. The van der Waals surface area contributed by atoms with Crippen LogP contribution in [0, 0.1) is 5.82 Å². The highest BCUT2D eigenvalue weighted by Crippen LogP contribution is 2.27. The number of para-hydroxylation sites is 1. The molecule has 116 valence electrons. The fraction of sp³-hybridized carbons (Fsp3) is 0.0588. The van der Waals surface area contributed by atoms with Gasteiger partial charge in [0.05, 0.1) is 19.0 Å². The molecular weight excluding hydrogens is 297 g/mol. The van der Waals surface area contributed by atoms with E-state index in [1.165, 1.54) is 25.5 Å². The molecule has 0 aliphatic rings. The summed E-state index contributed by atoms with van der Waals surface area (Å²) in [6.07, 6.45) is 2.98. The van der Waals surface area contributed by atoms with Gasteiger partial charge in [-0.25, -0.2) is 9.07 Å². The Kier molecular flexibility index (Phi) is 4.05. The summed E-state index contributed by atoms with van der Waals surface area (Å²) in [6, 6.07) is 14.1. The van der Waals surface area contributed by atoms with E-state index in [2.05, 4.69) is 10.3 Å². The molecule has 0 bridgehead atoms. The standard InChI is InChI=1S/C17H14FN3O2/c1-23-16-8-7-12(9-15(16)18)17-13(10-19-22)11-21(20-17)14-5-3-2-4-6-14/h2-11,22H,1H3. The molecule has 0 saturated heterocycles. The van der Waals surface area contributed by atoms with Gasteiger partial charge in [-0.1, -0.05) is 23.4 Å². The van der Waals surface area contributed by atoms with Crippen LogP contribution < -0.4 is 4.74 Å². The zero-order chi connectivity index (χ0) is 16.2. The van der Waals surface area contributed by atoms with Crippen molar-refractivity contribution in [3.8, 4) is 22.7 Å². The Hall–Kier alpha value is -3.15. The van der Waals surface area contributed by atoms with Gasteiger partial charge in [-0.05, 0) is 30.3 Å². The van der Waals surface area contributed by atoms with Crippen molar-refractivity contribution in [3.05, 3.63) is 66.1 Å². The average molecular weight is 311 g/mol. The van der Waals surface area contributed by atoms with Crippen LogP contribution >= 0.6 is 0 Å². The molecule has 0 spiro atoms. The molecule has 1 N–H and O–H groups in total. The van der Waals surface area contributed by atoms with Crippen molar-refractivity contribution >= 4 is 6.21 Å². The predicted molar refractivity (Wildman–Crippen MR) is 84.9 cm³/mol. The number of hydrogen-bond acceptors (Lipinski definition) is 4. The lowest BCUT2D eigenvalue weighted by Crippen LogP contribution is -1.94. The number of hydrogen-bond donors (Lipinski definition) is 1. The Bertz CT molecular complexity index is 844. The van der Waals surface area contributed by atoms with E-state index in [0.29, 0.717) is 16.8 Å². The van der Waals surface area contributed by atoms with Gasteiger partial charge >= 0.3 is 0 Å². The number of oxime groups is 1. The van der Waals surface area contributed by atoms with Crippen LogP contribution in [-0.4, -0.2) is 28.3 Å². The van der Waals surface area contributed by atoms with Gasteiger partial charge in [0, 0.05) is 17.3 Å². The minimum Gasteiger partial charge on any atom is -0.494 e. The lowest BCUT2D eigenvalue weighted by atomic mass is 10.1. The summed E-state index contributed by atoms with van der Waals surface area (Å²) in [4.78, 5) is 0. The van der Waals surface area contributed by atoms with Crippen molar-refractivity contribution in [3.63, 3.8) is 0 Å². The van der Waals surface area contributed by atoms with Crippen molar-refractivity contribution in [1.82, 2.24) is 9.78 Å². The van der Waals surface area contributed by atoms with E-state index in [1.54, 1.807) is 16.9 Å². The molecule has 3 aromatic rings. The number of benzene rings is 2. The van der Waals surface area contributed by atoms with E-state index in [0.717, 1.165) is 5.69 Å². The highest BCUT2D eigenvalue weighted by molar-refractivity contribution is 5.88. The highest BCUT2D eigenvalue weighted by atomic mass is 19.1. The summed E-state index contributed by atoms with van der Waals surface area (Å²) in [5.41, 5.74) is 2.49. The lowest BCUT2D eigenvalue weighted by molar-refractivity contribution is 0.322. The molecule has 0 saturated carbocycles. The van der Waals surface area contributed by atoms with Gasteiger partial charge in [-0.15, -0.1) is 0 Å². The smallest absolute Gasteiger partial charge is 0.165 e. The molecule has 1 aromatic heterocycles. The second-order valence-corrected chi connectivity index (χ2v) is 4.81. The minimum absolute atomic E-state index is 0.161. The molecule has 0 atom stereocenters. The molecule has 2 aromatic carbocycles. The van der Waals surface area contributed by atoms with E-state index < -0.39 is 5.82 Å². The maximum atomic E-state index is 13.9. The zero-order valence-electron chi connectivity index (χ0n) is 12.3. The number of halogens is 1. The Morgan fingerprint density at radius 3 is 2.65 bits per heavy atom. The Morgan fingerprint density at radius 2 is 2.00 bits per heavy atom. The van der Waals surface area contributed by atoms with Crippen LogP contribution in [0.1, 0.15) is 5.56 Å². The summed E-state index contributed by atoms with van der Waals surface area (Å²) in [5, 5.41) is 16.4. The molecular formula is C17H14FN3O2. The zero-order valence-corrected chi connectivity index (χ0v) is 12.3. The van der Waals surface area contributed by atoms with E-state index in [9.17, 15) is 4.39 Å². The Balaban J connectivity index is 2.11. The van der Waals surface area contributed by atoms with Crippen LogP contribution in [0.3, 0.4) is 0 Å².